The number of nitrogens with zero attached hydrogens (tertiary/aromatic N) is 2. The number of hydrogen-bond acceptors (Lipinski definition) is 5. The summed E-state index contributed by atoms with van der Waals surface area (Å²) in [6.45, 7) is 3.53. The molecule has 0 saturated carbocycles. The molecule has 4 N–H and O–H groups in total. The normalized spacial score (nSPS) is 12.0. The van der Waals surface area contributed by atoms with Crippen LogP contribution >= 0.6 is 11.8 Å². The van der Waals surface area contributed by atoms with E-state index < -0.39 is 17.1 Å². The number of benzene rings is 4. The van der Waals surface area contributed by atoms with E-state index in [9.17, 15) is 19.2 Å². The van der Waals surface area contributed by atoms with Crippen molar-refractivity contribution in [2.75, 3.05) is 10.6 Å². The number of carbonyl (C=O) groups is 3. The standard InChI is InChI=1S/C38H34N6O4S/c1-24-34(38(48)44(43(24)3)29-16-8-5-9-17-29)42-35(45)25(2)49-30-18-12-15-28(22-30)40-37(47)33(41-36(46)26-13-6-4-7-14-26)21-27-23-39-32-20-11-10-19-31(27)32/h4-23,25,39H,1-3H3,(H,40,47)(H,41,46)(H,42,45)/b33-21-. The number of rotatable bonds is 10. The van der Waals surface area contributed by atoms with E-state index in [1.807, 2.05) is 66.7 Å². The highest BCUT2D eigenvalue weighted by atomic mass is 32.2. The number of aromatic nitrogens is 3. The van der Waals surface area contributed by atoms with Gasteiger partial charge in [0.05, 0.1) is 16.6 Å². The van der Waals surface area contributed by atoms with Crippen LogP contribution in [0.3, 0.4) is 0 Å². The number of hydrogen-bond donors (Lipinski definition) is 4. The summed E-state index contributed by atoms with van der Waals surface area (Å²) in [4.78, 5) is 57.3. The van der Waals surface area contributed by atoms with E-state index in [1.54, 1.807) is 80.3 Å². The molecule has 10 nitrogen and oxygen atoms in total. The molecule has 2 aromatic heterocycles. The third kappa shape index (κ3) is 7.26. The van der Waals surface area contributed by atoms with E-state index in [0.29, 0.717) is 22.6 Å². The summed E-state index contributed by atoms with van der Waals surface area (Å²) in [6, 6.07) is 32.7. The van der Waals surface area contributed by atoms with Crippen molar-refractivity contribution in [3.05, 3.63) is 148 Å². The maximum absolute atomic E-state index is 13.7. The Kier molecular flexibility index (Phi) is 9.63. The van der Waals surface area contributed by atoms with Crippen LogP contribution in [0.4, 0.5) is 11.4 Å². The molecular weight excluding hydrogens is 637 g/mol. The van der Waals surface area contributed by atoms with Crippen molar-refractivity contribution < 1.29 is 14.4 Å². The van der Waals surface area contributed by atoms with E-state index >= 15 is 0 Å². The lowest BCUT2D eigenvalue weighted by atomic mass is 10.1. The fourth-order valence-electron chi connectivity index (χ4n) is 5.35. The molecule has 0 radical (unpaired) electrons. The van der Waals surface area contributed by atoms with Gasteiger partial charge in [-0.15, -0.1) is 11.8 Å². The lowest BCUT2D eigenvalue weighted by Crippen LogP contribution is -2.30. The van der Waals surface area contributed by atoms with Gasteiger partial charge in [0.15, 0.2) is 0 Å². The van der Waals surface area contributed by atoms with Crippen LogP contribution in [0.1, 0.15) is 28.5 Å². The largest absolute Gasteiger partial charge is 0.361 e. The van der Waals surface area contributed by atoms with Crippen molar-refractivity contribution in [1.82, 2.24) is 19.7 Å². The van der Waals surface area contributed by atoms with Crippen LogP contribution < -0.4 is 21.5 Å². The third-order valence-electron chi connectivity index (χ3n) is 8.03. The highest BCUT2D eigenvalue weighted by Gasteiger charge is 2.22. The summed E-state index contributed by atoms with van der Waals surface area (Å²) in [6.07, 6.45) is 3.42. The Hall–Kier alpha value is -6.07. The van der Waals surface area contributed by atoms with Crippen molar-refractivity contribution in [3.8, 4) is 5.69 Å². The first kappa shape index (κ1) is 32.9. The van der Waals surface area contributed by atoms with Crippen molar-refractivity contribution >= 4 is 57.8 Å². The molecule has 49 heavy (non-hydrogen) atoms. The van der Waals surface area contributed by atoms with Gasteiger partial charge in [-0.05, 0) is 68.5 Å². The molecule has 0 saturated heterocycles. The van der Waals surface area contributed by atoms with Gasteiger partial charge in [0.2, 0.25) is 5.91 Å². The molecule has 6 rings (SSSR count). The molecule has 0 aliphatic rings. The van der Waals surface area contributed by atoms with Crippen molar-refractivity contribution in [2.45, 2.75) is 24.0 Å². The molecule has 0 fully saturated rings. The first-order chi connectivity index (χ1) is 23.7. The Balaban J connectivity index is 1.18. The smallest absolute Gasteiger partial charge is 0.295 e. The minimum absolute atomic E-state index is 0.0591. The Morgan fingerprint density at radius 1 is 0.857 bits per heavy atom. The number of H-pyrrole nitrogens is 1. The molecule has 0 aliphatic heterocycles. The average Bonchev–Trinajstić information content (AvgIpc) is 3.61. The van der Waals surface area contributed by atoms with Crippen LogP contribution in [0.5, 0.6) is 0 Å². The maximum Gasteiger partial charge on any atom is 0.295 e. The van der Waals surface area contributed by atoms with Gasteiger partial charge in [-0.2, -0.15) is 0 Å². The molecule has 1 atom stereocenters. The molecule has 4 aromatic carbocycles. The zero-order valence-electron chi connectivity index (χ0n) is 27.1. The number of anilines is 2. The van der Waals surface area contributed by atoms with Crippen LogP contribution in [0.25, 0.3) is 22.7 Å². The Bertz CT molecular complexity index is 2250. The summed E-state index contributed by atoms with van der Waals surface area (Å²) in [5.41, 5.74) is 3.80. The van der Waals surface area contributed by atoms with Gasteiger partial charge < -0.3 is 20.9 Å². The molecule has 246 valence electrons. The zero-order chi connectivity index (χ0) is 34.5. The topological polar surface area (TPSA) is 130 Å². The van der Waals surface area contributed by atoms with Gasteiger partial charge >= 0.3 is 0 Å². The maximum atomic E-state index is 13.7. The van der Waals surface area contributed by atoms with Crippen LogP contribution in [0, 0.1) is 6.92 Å². The van der Waals surface area contributed by atoms with Gasteiger partial charge in [-0.3, -0.25) is 23.9 Å². The number of carbonyl (C=O) groups excluding carboxylic acids is 3. The van der Waals surface area contributed by atoms with Gasteiger partial charge in [0.25, 0.3) is 17.4 Å². The highest BCUT2D eigenvalue weighted by molar-refractivity contribution is 8.00. The van der Waals surface area contributed by atoms with Gasteiger partial charge in [0.1, 0.15) is 11.4 Å². The summed E-state index contributed by atoms with van der Waals surface area (Å²) in [5, 5.41) is 8.82. The Labute approximate surface area is 286 Å². The molecular formula is C38H34N6O4S. The lowest BCUT2D eigenvalue weighted by Gasteiger charge is -2.14. The summed E-state index contributed by atoms with van der Waals surface area (Å²) < 4.78 is 3.22. The molecule has 2 heterocycles. The van der Waals surface area contributed by atoms with E-state index in [-0.39, 0.29) is 22.9 Å². The van der Waals surface area contributed by atoms with Crippen LogP contribution in [0.15, 0.2) is 131 Å². The predicted octanol–water partition coefficient (Wildman–Crippen LogP) is 6.49. The molecule has 0 bridgehead atoms. The fraction of sp³-hybridized carbons (Fsp3) is 0.105. The minimum Gasteiger partial charge on any atom is -0.361 e. The second kappa shape index (κ2) is 14.4. The molecule has 11 heteroatoms. The van der Waals surface area contributed by atoms with Crippen molar-refractivity contribution in [2.24, 2.45) is 7.05 Å². The first-order valence-electron chi connectivity index (χ1n) is 15.6. The third-order valence-corrected chi connectivity index (χ3v) is 9.12. The Morgan fingerprint density at radius 3 is 2.31 bits per heavy atom. The fourth-order valence-corrected chi connectivity index (χ4v) is 6.28. The number of fused-ring (bicyclic) bond motifs is 1. The predicted molar refractivity (Wildman–Crippen MR) is 195 cm³/mol. The summed E-state index contributed by atoms with van der Waals surface area (Å²) in [7, 11) is 1.77. The molecule has 3 amide bonds. The van der Waals surface area contributed by atoms with Crippen LogP contribution in [-0.2, 0) is 16.6 Å². The van der Waals surface area contributed by atoms with Crippen LogP contribution in [-0.4, -0.2) is 37.3 Å². The van der Waals surface area contributed by atoms with Crippen LogP contribution in [0.2, 0.25) is 0 Å². The van der Waals surface area contributed by atoms with Crippen molar-refractivity contribution in [1.29, 1.82) is 0 Å². The SMILES string of the molecule is Cc1c(NC(=O)C(C)Sc2cccc(NC(=O)/C(=C/c3c[nH]c4ccccc34)NC(=O)c3ccccc3)c2)c(=O)n(-c2ccccc2)n1C. The highest BCUT2D eigenvalue weighted by Crippen LogP contribution is 2.27. The number of amides is 3. The second-order valence-corrected chi connectivity index (χ2v) is 12.7. The average molecular weight is 671 g/mol. The monoisotopic (exact) mass is 670 g/mol. The van der Waals surface area contributed by atoms with Crippen molar-refractivity contribution in [3.63, 3.8) is 0 Å². The molecule has 0 aliphatic carbocycles. The second-order valence-electron chi connectivity index (χ2n) is 11.3. The Morgan fingerprint density at radius 2 is 1.55 bits per heavy atom. The number of aromatic amines is 1. The minimum atomic E-state index is -0.572. The van der Waals surface area contributed by atoms with Gasteiger partial charge in [0, 0.05) is 45.9 Å². The zero-order valence-corrected chi connectivity index (χ0v) is 27.9. The van der Waals surface area contributed by atoms with E-state index in [0.717, 1.165) is 21.4 Å². The van der Waals surface area contributed by atoms with Gasteiger partial charge in [-0.1, -0.05) is 60.7 Å². The van der Waals surface area contributed by atoms with E-state index in [4.69, 9.17) is 0 Å². The molecule has 6 aromatic rings. The molecule has 0 spiro atoms. The lowest BCUT2D eigenvalue weighted by molar-refractivity contribution is -0.115. The first-order valence-corrected chi connectivity index (χ1v) is 16.4. The molecule has 1 unspecified atom stereocenters. The summed E-state index contributed by atoms with van der Waals surface area (Å²) >= 11 is 1.29. The number of thioether (sulfide) groups is 1. The number of nitrogens with one attached hydrogen (secondary N) is 4. The summed E-state index contributed by atoms with van der Waals surface area (Å²) in [5.74, 6) is -1.27. The number of para-hydroxylation sites is 2. The quantitative estimate of drug-likeness (QED) is 0.0978. The van der Waals surface area contributed by atoms with E-state index in [2.05, 4.69) is 20.9 Å². The van der Waals surface area contributed by atoms with Gasteiger partial charge in [-0.25, -0.2) is 4.68 Å². The van der Waals surface area contributed by atoms with E-state index in [1.165, 1.54) is 16.4 Å².